The Labute approximate surface area is 54.3 Å². The lowest BCUT2D eigenvalue weighted by molar-refractivity contribution is -0.0672. The first kappa shape index (κ1) is 6.99. The molecule has 1 rings (SSSR count). The number of hydrogen-bond acceptors (Lipinski definition) is 3. The molecule has 1 heterocycles. The lowest BCUT2D eigenvalue weighted by Crippen LogP contribution is -2.34. The molecule has 1 fully saturated rings. The first-order chi connectivity index (χ1) is 4.34. The molecule has 3 heteroatoms. The summed E-state index contributed by atoms with van der Waals surface area (Å²) in [6.07, 6.45) is 0.599. The smallest absolute Gasteiger partial charge is 0.107 e. The Bertz CT molecular complexity index is 84.4. The zero-order valence-corrected chi connectivity index (χ0v) is 5.16. The number of aliphatic hydroxyl groups is 2. The van der Waals surface area contributed by atoms with Crippen LogP contribution < -0.4 is 0 Å². The number of rotatable bonds is 1. The number of ether oxygens (including phenoxy) is 1. The highest BCUT2D eigenvalue weighted by molar-refractivity contribution is 4.76. The van der Waals surface area contributed by atoms with Crippen LogP contribution in [0.3, 0.4) is 0 Å². The molecule has 0 aliphatic carbocycles. The van der Waals surface area contributed by atoms with Crippen LogP contribution in [0.4, 0.5) is 0 Å². The molecule has 1 saturated heterocycles. The molecule has 53 valence electrons. The molecule has 0 aromatic rings. The van der Waals surface area contributed by atoms with E-state index in [4.69, 9.17) is 14.9 Å². The van der Waals surface area contributed by atoms with Crippen molar-refractivity contribution in [1.29, 1.82) is 0 Å². The van der Waals surface area contributed by atoms with Gasteiger partial charge in [-0.1, -0.05) is 0 Å². The third-order valence-corrected chi connectivity index (χ3v) is 1.46. The second kappa shape index (κ2) is 3.15. The molecule has 0 spiro atoms. The van der Waals surface area contributed by atoms with Crippen molar-refractivity contribution < 1.29 is 14.9 Å². The maximum atomic E-state index is 9.06. The van der Waals surface area contributed by atoms with Crippen molar-refractivity contribution in [2.75, 3.05) is 6.61 Å². The molecule has 0 bridgehead atoms. The van der Waals surface area contributed by atoms with E-state index in [9.17, 15) is 0 Å². The summed E-state index contributed by atoms with van der Waals surface area (Å²) in [6, 6.07) is 0. The van der Waals surface area contributed by atoms with Gasteiger partial charge in [-0.3, -0.25) is 0 Å². The molecule has 0 saturated carbocycles. The summed E-state index contributed by atoms with van der Waals surface area (Å²) < 4.78 is 4.91. The van der Waals surface area contributed by atoms with Gasteiger partial charge in [-0.25, -0.2) is 0 Å². The van der Waals surface area contributed by atoms with E-state index in [1.807, 2.05) is 0 Å². The van der Waals surface area contributed by atoms with Crippen molar-refractivity contribution in [3.8, 4) is 0 Å². The van der Waals surface area contributed by atoms with Gasteiger partial charge in [-0.2, -0.15) is 0 Å². The van der Waals surface area contributed by atoms with E-state index < -0.39 is 12.2 Å². The maximum absolute atomic E-state index is 9.06. The van der Waals surface area contributed by atoms with Gasteiger partial charge in [0, 0.05) is 0 Å². The van der Waals surface area contributed by atoms with E-state index in [0.29, 0.717) is 6.42 Å². The molecule has 1 aliphatic rings. The van der Waals surface area contributed by atoms with Crippen LogP contribution in [0.25, 0.3) is 0 Å². The topological polar surface area (TPSA) is 49.7 Å². The molecule has 0 aromatic carbocycles. The summed E-state index contributed by atoms with van der Waals surface area (Å²) in [7, 11) is 0. The summed E-state index contributed by atoms with van der Waals surface area (Å²) in [5.41, 5.74) is 0. The molecule has 3 nitrogen and oxygen atoms in total. The van der Waals surface area contributed by atoms with E-state index in [2.05, 4.69) is 0 Å². The lowest BCUT2D eigenvalue weighted by Gasteiger charge is -2.25. The number of hydrogen-bond donors (Lipinski definition) is 2. The van der Waals surface area contributed by atoms with Crippen molar-refractivity contribution in [1.82, 2.24) is 0 Å². The van der Waals surface area contributed by atoms with Crippen LogP contribution in [0.2, 0.25) is 0 Å². The number of aliphatic hydroxyl groups excluding tert-OH is 2. The average Bonchev–Trinajstić information content (AvgIpc) is 1.89. The van der Waals surface area contributed by atoms with Gasteiger partial charge in [0.05, 0.1) is 19.3 Å². The van der Waals surface area contributed by atoms with Gasteiger partial charge in [0.15, 0.2) is 0 Å². The minimum absolute atomic E-state index is 0.0995. The third kappa shape index (κ3) is 1.64. The Morgan fingerprint density at radius 3 is 2.89 bits per heavy atom. The normalized spacial score (nSPS) is 36.7. The quantitative estimate of drug-likeness (QED) is 0.512. The summed E-state index contributed by atoms with van der Waals surface area (Å²) in [5, 5.41) is 17.6. The van der Waals surface area contributed by atoms with E-state index in [0.717, 1.165) is 6.42 Å². The molecular formula is C6H11O3. The van der Waals surface area contributed by atoms with Crippen molar-refractivity contribution >= 4 is 0 Å². The van der Waals surface area contributed by atoms with Gasteiger partial charge in [-0.05, 0) is 12.8 Å². The molecule has 0 amide bonds. The standard InChI is InChI=1S/C6H11O3/c7-4-6-5(8)2-1-3-9-6/h3,5-8H,1-2,4H2/t5-,6-/m1/s1. The second-order valence-electron chi connectivity index (χ2n) is 2.17. The molecule has 0 aromatic heterocycles. The molecule has 0 unspecified atom stereocenters. The third-order valence-electron chi connectivity index (χ3n) is 1.46. The van der Waals surface area contributed by atoms with E-state index >= 15 is 0 Å². The zero-order valence-electron chi connectivity index (χ0n) is 5.16. The molecule has 2 N–H and O–H groups in total. The van der Waals surface area contributed by atoms with Crippen LogP contribution in [0.15, 0.2) is 0 Å². The monoisotopic (exact) mass is 131 g/mol. The van der Waals surface area contributed by atoms with Crippen molar-refractivity contribution in [3.05, 3.63) is 6.61 Å². The average molecular weight is 131 g/mol. The molecule has 1 radical (unpaired) electrons. The SMILES string of the molecule is OC[C@H]1O[CH]CC[C@H]1O. The van der Waals surface area contributed by atoms with Crippen LogP contribution in [0, 0.1) is 6.61 Å². The first-order valence-corrected chi connectivity index (χ1v) is 3.10. The Morgan fingerprint density at radius 1 is 1.67 bits per heavy atom. The van der Waals surface area contributed by atoms with Gasteiger partial charge < -0.3 is 14.9 Å². The lowest BCUT2D eigenvalue weighted by atomic mass is 10.1. The fourth-order valence-corrected chi connectivity index (χ4v) is 0.872. The minimum Gasteiger partial charge on any atom is -0.394 e. The molecule has 9 heavy (non-hydrogen) atoms. The van der Waals surface area contributed by atoms with Crippen LogP contribution >= 0.6 is 0 Å². The Kier molecular flexibility index (Phi) is 2.45. The summed E-state index contributed by atoms with van der Waals surface area (Å²) in [4.78, 5) is 0. The Balaban J connectivity index is 2.30. The van der Waals surface area contributed by atoms with E-state index in [1.54, 1.807) is 6.61 Å². The van der Waals surface area contributed by atoms with Gasteiger partial charge in [0.1, 0.15) is 6.10 Å². The Hall–Kier alpha value is -0.120. The van der Waals surface area contributed by atoms with Crippen molar-refractivity contribution in [2.45, 2.75) is 25.0 Å². The summed E-state index contributed by atoms with van der Waals surface area (Å²) >= 11 is 0. The van der Waals surface area contributed by atoms with Crippen LogP contribution in [-0.4, -0.2) is 29.0 Å². The van der Waals surface area contributed by atoms with Gasteiger partial charge >= 0.3 is 0 Å². The van der Waals surface area contributed by atoms with Crippen molar-refractivity contribution in [3.63, 3.8) is 0 Å². The van der Waals surface area contributed by atoms with Crippen molar-refractivity contribution in [2.24, 2.45) is 0 Å². The van der Waals surface area contributed by atoms with Crippen LogP contribution in [0.1, 0.15) is 12.8 Å². The summed E-state index contributed by atoms with van der Waals surface area (Å²) in [5.74, 6) is 0. The predicted molar refractivity (Wildman–Crippen MR) is 31.5 cm³/mol. The minimum atomic E-state index is -0.486. The van der Waals surface area contributed by atoms with Crippen LogP contribution in [-0.2, 0) is 4.74 Å². The first-order valence-electron chi connectivity index (χ1n) is 3.10. The van der Waals surface area contributed by atoms with Gasteiger partial charge in [0.25, 0.3) is 0 Å². The Morgan fingerprint density at radius 2 is 2.44 bits per heavy atom. The second-order valence-corrected chi connectivity index (χ2v) is 2.17. The molecular weight excluding hydrogens is 120 g/mol. The molecule has 1 aliphatic heterocycles. The largest absolute Gasteiger partial charge is 0.394 e. The van der Waals surface area contributed by atoms with E-state index in [-0.39, 0.29) is 6.61 Å². The highest BCUT2D eigenvalue weighted by Gasteiger charge is 2.22. The highest BCUT2D eigenvalue weighted by Crippen LogP contribution is 2.15. The van der Waals surface area contributed by atoms with Gasteiger partial charge in [0.2, 0.25) is 0 Å². The molecule has 2 atom stereocenters. The fraction of sp³-hybridized carbons (Fsp3) is 0.833. The van der Waals surface area contributed by atoms with Crippen LogP contribution in [0.5, 0.6) is 0 Å². The maximum Gasteiger partial charge on any atom is 0.107 e. The zero-order chi connectivity index (χ0) is 6.69. The van der Waals surface area contributed by atoms with E-state index in [1.165, 1.54) is 0 Å². The highest BCUT2D eigenvalue weighted by atomic mass is 16.5. The fourth-order valence-electron chi connectivity index (χ4n) is 0.872. The predicted octanol–water partition coefficient (Wildman–Crippen LogP) is -0.320. The van der Waals surface area contributed by atoms with Gasteiger partial charge in [-0.15, -0.1) is 0 Å². The summed E-state index contributed by atoms with van der Waals surface area (Å²) in [6.45, 7) is 1.53.